The molecule has 4 aliphatic heterocycles. The van der Waals surface area contributed by atoms with Crippen LogP contribution in [-0.2, 0) is 25.6 Å². The minimum Gasteiger partial charge on any atom is -0.444 e. The van der Waals surface area contributed by atoms with E-state index in [1.807, 2.05) is 20.8 Å². The van der Waals surface area contributed by atoms with Crippen LogP contribution in [0, 0.1) is 11.2 Å². The van der Waals surface area contributed by atoms with Crippen molar-refractivity contribution in [2.45, 2.75) is 122 Å². The van der Waals surface area contributed by atoms with Gasteiger partial charge >= 0.3 is 6.09 Å². The van der Waals surface area contributed by atoms with Crippen molar-refractivity contribution in [2.75, 3.05) is 26.2 Å². The van der Waals surface area contributed by atoms with Gasteiger partial charge in [-0.3, -0.25) is 24.6 Å². The van der Waals surface area contributed by atoms with Gasteiger partial charge < -0.3 is 19.3 Å². The SMILES string of the molecule is CC(C)(C)OC(=O)N1CCC(OC2CC(N3CCC(c4ccc5c(c4F)CN(C4CCC(=O)NC4=O)C5=O)C(C)(C)C3)C2)CC1. The van der Waals surface area contributed by atoms with Gasteiger partial charge in [-0.15, -0.1) is 0 Å². The van der Waals surface area contributed by atoms with Crippen molar-refractivity contribution in [3.63, 3.8) is 0 Å². The van der Waals surface area contributed by atoms with Crippen LogP contribution in [0.1, 0.15) is 107 Å². The minimum absolute atomic E-state index is 0.00100. The molecule has 1 aromatic rings. The smallest absolute Gasteiger partial charge is 0.410 e. The molecule has 5 aliphatic rings. The lowest BCUT2D eigenvalue weighted by Crippen LogP contribution is -2.55. The van der Waals surface area contributed by atoms with Crippen LogP contribution in [0.4, 0.5) is 9.18 Å². The number of nitrogens with zero attached hydrogens (tertiary/aromatic N) is 3. The van der Waals surface area contributed by atoms with Crippen LogP contribution >= 0.6 is 0 Å². The highest BCUT2D eigenvalue weighted by Crippen LogP contribution is 2.47. The van der Waals surface area contributed by atoms with Crippen molar-refractivity contribution in [1.29, 1.82) is 0 Å². The molecule has 1 aromatic carbocycles. The number of benzene rings is 1. The molecule has 45 heavy (non-hydrogen) atoms. The number of hydrogen-bond acceptors (Lipinski definition) is 7. The van der Waals surface area contributed by atoms with Crippen LogP contribution in [0.15, 0.2) is 12.1 Å². The Morgan fingerprint density at radius 2 is 1.71 bits per heavy atom. The number of amides is 4. The average Bonchev–Trinajstić information content (AvgIpc) is 3.26. The van der Waals surface area contributed by atoms with E-state index in [1.165, 1.54) is 4.90 Å². The first-order valence-corrected chi connectivity index (χ1v) is 16.5. The van der Waals surface area contributed by atoms with Gasteiger partial charge in [-0.25, -0.2) is 9.18 Å². The zero-order valence-corrected chi connectivity index (χ0v) is 27.2. The highest BCUT2D eigenvalue weighted by atomic mass is 19.1. The molecule has 1 saturated carbocycles. The lowest BCUT2D eigenvalue weighted by atomic mass is 9.69. The summed E-state index contributed by atoms with van der Waals surface area (Å²) in [7, 11) is 0. The lowest BCUT2D eigenvalue weighted by Gasteiger charge is -2.51. The van der Waals surface area contributed by atoms with Gasteiger partial charge in [-0.2, -0.15) is 0 Å². The fourth-order valence-electron chi connectivity index (χ4n) is 7.90. The van der Waals surface area contributed by atoms with Gasteiger partial charge in [0.25, 0.3) is 5.91 Å². The Balaban J connectivity index is 1.01. The van der Waals surface area contributed by atoms with Gasteiger partial charge in [0.05, 0.1) is 18.8 Å². The molecule has 0 spiro atoms. The maximum Gasteiger partial charge on any atom is 0.410 e. The first-order valence-electron chi connectivity index (χ1n) is 16.5. The topological polar surface area (TPSA) is 108 Å². The summed E-state index contributed by atoms with van der Waals surface area (Å²) in [6.07, 6.45) is 4.99. The number of fused-ring (bicyclic) bond motifs is 1. The van der Waals surface area contributed by atoms with Crippen molar-refractivity contribution >= 4 is 23.8 Å². The Hall–Kier alpha value is -3.05. The van der Waals surface area contributed by atoms with Crippen LogP contribution in [0.3, 0.4) is 0 Å². The van der Waals surface area contributed by atoms with Crippen molar-refractivity contribution in [3.05, 3.63) is 34.6 Å². The Labute approximate surface area is 264 Å². The molecule has 1 N–H and O–H groups in total. The van der Waals surface area contributed by atoms with Crippen LogP contribution in [0.2, 0.25) is 0 Å². The number of carbonyl (C=O) groups is 4. The van der Waals surface area contributed by atoms with Gasteiger partial charge in [0, 0.05) is 43.2 Å². The van der Waals surface area contributed by atoms with Crippen LogP contribution in [0.25, 0.3) is 0 Å². The molecule has 4 fully saturated rings. The summed E-state index contributed by atoms with van der Waals surface area (Å²) >= 11 is 0. The van der Waals surface area contributed by atoms with Gasteiger partial charge in [-0.1, -0.05) is 19.9 Å². The van der Waals surface area contributed by atoms with Gasteiger partial charge in [-0.05, 0) is 88.8 Å². The molecule has 11 heteroatoms. The normalized spacial score (nSPS) is 29.3. The maximum absolute atomic E-state index is 16.1. The zero-order valence-electron chi connectivity index (χ0n) is 27.2. The Morgan fingerprint density at radius 3 is 2.36 bits per heavy atom. The van der Waals surface area contributed by atoms with E-state index in [9.17, 15) is 19.2 Å². The summed E-state index contributed by atoms with van der Waals surface area (Å²) in [4.78, 5) is 55.2. The third kappa shape index (κ3) is 6.48. The van der Waals surface area contributed by atoms with E-state index >= 15 is 4.39 Å². The maximum atomic E-state index is 16.1. The minimum atomic E-state index is -0.759. The number of rotatable bonds is 5. The fourth-order valence-corrected chi connectivity index (χ4v) is 7.90. The average molecular weight is 627 g/mol. The summed E-state index contributed by atoms with van der Waals surface area (Å²) in [5.74, 6) is -1.52. The highest BCUT2D eigenvalue weighted by molar-refractivity contribution is 6.05. The van der Waals surface area contributed by atoms with E-state index in [1.54, 1.807) is 17.0 Å². The monoisotopic (exact) mass is 626 g/mol. The van der Waals surface area contributed by atoms with E-state index in [2.05, 4.69) is 24.1 Å². The predicted octanol–water partition coefficient (Wildman–Crippen LogP) is 4.35. The van der Waals surface area contributed by atoms with Crippen molar-refractivity contribution in [1.82, 2.24) is 20.0 Å². The second-order valence-corrected chi connectivity index (χ2v) is 15.2. The molecule has 3 saturated heterocycles. The third-order valence-corrected chi connectivity index (χ3v) is 10.4. The van der Waals surface area contributed by atoms with E-state index in [-0.39, 0.29) is 66.7 Å². The molecule has 4 heterocycles. The Bertz CT molecular complexity index is 1360. The number of likely N-dealkylation sites (tertiary alicyclic amines) is 2. The third-order valence-electron chi connectivity index (χ3n) is 10.4. The van der Waals surface area contributed by atoms with E-state index in [0.717, 1.165) is 45.2 Å². The molecule has 0 bridgehead atoms. The molecule has 2 atom stereocenters. The molecule has 0 aromatic heterocycles. The Kier molecular flexibility index (Phi) is 8.48. The standard InChI is InChI=1S/C34H47FN4O6/c1-33(2,3)45-32(43)37-13-10-21(11-14-37)44-22-16-20(17-22)38-15-12-26(34(4,5)19-38)24-7-6-23-25(29(24)35)18-39(31(23)42)27-8-9-28(40)36-30(27)41/h6-7,20-22,26-27H,8-19H2,1-5H3,(H,36,40,41). The number of halogens is 1. The van der Waals surface area contributed by atoms with E-state index < -0.39 is 17.6 Å². The highest BCUT2D eigenvalue weighted by Gasteiger charge is 2.46. The molecular formula is C34H47FN4O6. The Morgan fingerprint density at radius 1 is 1.00 bits per heavy atom. The van der Waals surface area contributed by atoms with Gasteiger partial charge in [0.15, 0.2) is 0 Å². The number of hydrogen-bond donors (Lipinski definition) is 1. The molecule has 0 radical (unpaired) electrons. The quantitative estimate of drug-likeness (QED) is 0.485. The summed E-state index contributed by atoms with van der Waals surface area (Å²) in [5, 5.41) is 2.30. The van der Waals surface area contributed by atoms with Crippen molar-refractivity contribution in [3.8, 4) is 0 Å². The van der Waals surface area contributed by atoms with Crippen LogP contribution in [-0.4, -0.2) is 94.6 Å². The second-order valence-electron chi connectivity index (χ2n) is 15.2. The first-order chi connectivity index (χ1) is 21.2. The fraction of sp³-hybridized carbons (Fsp3) is 0.706. The summed E-state index contributed by atoms with van der Waals surface area (Å²) < 4.78 is 28.1. The number of ether oxygens (including phenoxy) is 2. The summed E-state index contributed by atoms with van der Waals surface area (Å²) in [6.45, 7) is 13.1. The molecule has 4 amide bonds. The second kappa shape index (κ2) is 12.0. The van der Waals surface area contributed by atoms with Gasteiger partial charge in [0.1, 0.15) is 17.5 Å². The lowest BCUT2D eigenvalue weighted by molar-refractivity contribution is -0.136. The zero-order chi connectivity index (χ0) is 32.3. The molecule has 246 valence electrons. The van der Waals surface area contributed by atoms with Crippen LogP contribution in [0.5, 0.6) is 0 Å². The van der Waals surface area contributed by atoms with Gasteiger partial charge in [0.2, 0.25) is 11.8 Å². The predicted molar refractivity (Wildman–Crippen MR) is 164 cm³/mol. The number of piperidine rings is 3. The first kappa shape index (κ1) is 31.9. The van der Waals surface area contributed by atoms with Crippen molar-refractivity contribution in [2.24, 2.45) is 5.41 Å². The molecule has 10 nitrogen and oxygen atoms in total. The number of nitrogens with one attached hydrogen (secondary N) is 1. The number of carbonyl (C=O) groups excluding carboxylic acids is 4. The van der Waals surface area contributed by atoms with E-state index in [0.29, 0.717) is 35.8 Å². The van der Waals surface area contributed by atoms with Crippen LogP contribution < -0.4 is 5.32 Å². The van der Waals surface area contributed by atoms with E-state index in [4.69, 9.17) is 9.47 Å². The molecular weight excluding hydrogens is 579 g/mol. The van der Waals surface area contributed by atoms with Crippen molar-refractivity contribution < 1.29 is 33.0 Å². The summed E-state index contributed by atoms with van der Waals surface area (Å²) in [6, 6.07) is 3.17. The number of imide groups is 1. The summed E-state index contributed by atoms with van der Waals surface area (Å²) in [5.41, 5.74) is 0.637. The molecule has 2 unspecified atom stereocenters. The molecule has 1 aliphatic carbocycles. The largest absolute Gasteiger partial charge is 0.444 e. The molecule has 6 rings (SSSR count).